The molecule has 0 aliphatic carbocycles. The highest BCUT2D eigenvalue weighted by molar-refractivity contribution is 5.78. The van der Waals surface area contributed by atoms with Crippen LogP contribution in [-0.2, 0) is 9.53 Å². The number of rotatable bonds is 2. The van der Waals surface area contributed by atoms with Crippen molar-refractivity contribution in [2.24, 2.45) is 0 Å². The van der Waals surface area contributed by atoms with Crippen LogP contribution in [0.25, 0.3) is 5.76 Å². The molecule has 0 spiro atoms. The van der Waals surface area contributed by atoms with E-state index in [4.69, 9.17) is 9.84 Å². The van der Waals surface area contributed by atoms with E-state index in [1.807, 2.05) is 30.3 Å². The predicted octanol–water partition coefficient (Wildman–Crippen LogP) is 2.27. The first-order chi connectivity index (χ1) is 6.74. The number of aliphatic carboxylic acids is 1. The van der Waals surface area contributed by atoms with E-state index in [2.05, 4.69) is 6.58 Å². The molecular formula is C11H10O3. The topological polar surface area (TPSA) is 49.8 Å². The number of carbonyl (C=O) groups is 1. The standard InChI is InChI=1S/C8H6O.C3H4O2/c1-2-4-7(5-3-1)8-6-9-8;1-2-3(4)5/h1-6H;2H,1H2,(H,4,5). The Morgan fingerprint density at radius 3 is 2.21 bits per heavy atom. The van der Waals surface area contributed by atoms with Crippen molar-refractivity contribution in [3.8, 4) is 0 Å². The molecule has 1 aliphatic rings. The second kappa shape index (κ2) is 4.87. The van der Waals surface area contributed by atoms with Crippen LogP contribution in [0.15, 0.2) is 49.2 Å². The molecule has 1 aliphatic heterocycles. The van der Waals surface area contributed by atoms with Crippen molar-refractivity contribution in [1.82, 2.24) is 0 Å². The van der Waals surface area contributed by atoms with Crippen LogP contribution < -0.4 is 0 Å². The Balaban J connectivity index is 0.000000171. The SMILES string of the molecule is C1=C(c2ccccc2)O1.C=CC(=O)O. The molecule has 72 valence electrons. The third kappa shape index (κ3) is 3.58. The molecule has 0 aromatic heterocycles. The summed E-state index contributed by atoms with van der Waals surface area (Å²) in [6.45, 7) is 2.96. The van der Waals surface area contributed by atoms with Gasteiger partial charge in [0, 0.05) is 11.6 Å². The Morgan fingerprint density at radius 2 is 1.86 bits per heavy atom. The molecule has 0 saturated heterocycles. The predicted molar refractivity (Wildman–Crippen MR) is 53.3 cm³/mol. The van der Waals surface area contributed by atoms with Crippen molar-refractivity contribution in [2.45, 2.75) is 0 Å². The van der Waals surface area contributed by atoms with Gasteiger partial charge in [-0.1, -0.05) is 36.9 Å². The molecule has 2 rings (SSSR count). The Labute approximate surface area is 81.9 Å². The van der Waals surface area contributed by atoms with Gasteiger partial charge >= 0.3 is 5.97 Å². The van der Waals surface area contributed by atoms with Gasteiger partial charge < -0.3 is 9.84 Å². The molecule has 0 fully saturated rings. The van der Waals surface area contributed by atoms with Gasteiger partial charge in [0.1, 0.15) is 6.26 Å². The molecule has 1 aromatic carbocycles. The number of hydrogen-bond donors (Lipinski definition) is 1. The van der Waals surface area contributed by atoms with Gasteiger partial charge in [0.15, 0.2) is 5.76 Å². The second-order valence-electron chi connectivity index (χ2n) is 2.51. The Hall–Kier alpha value is -2.03. The quantitative estimate of drug-likeness (QED) is 0.728. The number of carboxylic acids is 1. The first-order valence-corrected chi connectivity index (χ1v) is 4.01. The Kier molecular flexibility index (Phi) is 3.49. The van der Waals surface area contributed by atoms with E-state index in [-0.39, 0.29) is 0 Å². The van der Waals surface area contributed by atoms with Crippen molar-refractivity contribution >= 4 is 11.7 Å². The summed E-state index contributed by atoms with van der Waals surface area (Å²) in [6, 6.07) is 10.0. The van der Waals surface area contributed by atoms with E-state index >= 15 is 0 Å². The summed E-state index contributed by atoms with van der Waals surface area (Å²) in [4.78, 5) is 9.25. The third-order valence-electron chi connectivity index (χ3n) is 1.47. The number of benzene rings is 1. The van der Waals surface area contributed by atoms with Crippen LogP contribution in [0.2, 0.25) is 0 Å². The summed E-state index contributed by atoms with van der Waals surface area (Å²) in [5, 5.41) is 7.60. The Morgan fingerprint density at radius 1 is 1.36 bits per heavy atom. The molecule has 0 saturated carbocycles. The van der Waals surface area contributed by atoms with Crippen LogP contribution in [0.4, 0.5) is 0 Å². The summed E-state index contributed by atoms with van der Waals surface area (Å²) in [6.07, 6.45) is 2.58. The van der Waals surface area contributed by atoms with Crippen molar-refractivity contribution in [3.05, 3.63) is 54.8 Å². The van der Waals surface area contributed by atoms with E-state index in [9.17, 15) is 4.79 Å². The summed E-state index contributed by atoms with van der Waals surface area (Å²) in [5.74, 6) is 0.0144. The summed E-state index contributed by atoms with van der Waals surface area (Å²) < 4.78 is 4.89. The lowest BCUT2D eigenvalue weighted by Crippen LogP contribution is -1.82. The van der Waals surface area contributed by atoms with Crippen LogP contribution in [0.3, 0.4) is 0 Å². The molecule has 0 atom stereocenters. The maximum absolute atomic E-state index is 9.25. The van der Waals surface area contributed by atoms with E-state index in [1.165, 1.54) is 0 Å². The highest BCUT2D eigenvalue weighted by Gasteiger charge is 2.10. The summed E-state index contributed by atoms with van der Waals surface area (Å²) in [7, 11) is 0. The number of carboxylic acid groups (broad SMARTS) is 1. The monoisotopic (exact) mass is 190 g/mol. The minimum absolute atomic E-state index is 0.833. The second-order valence-corrected chi connectivity index (χ2v) is 2.51. The Bertz CT molecular complexity index is 352. The lowest BCUT2D eigenvalue weighted by Gasteiger charge is -1.86. The fraction of sp³-hybridized carbons (Fsp3) is 0. The van der Waals surface area contributed by atoms with E-state index in [0.717, 1.165) is 17.4 Å². The van der Waals surface area contributed by atoms with E-state index in [1.54, 1.807) is 6.26 Å². The first-order valence-electron chi connectivity index (χ1n) is 4.01. The number of ether oxygens (including phenoxy) is 1. The van der Waals surface area contributed by atoms with Gasteiger partial charge in [-0.15, -0.1) is 0 Å². The van der Waals surface area contributed by atoms with Crippen LogP contribution in [0.5, 0.6) is 0 Å². The van der Waals surface area contributed by atoms with Crippen LogP contribution >= 0.6 is 0 Å². The van der Waals surface area contributed by atoms with Crippen LogP contribution in [0.1, 0.15) is 5.56 Å². The highest BCUT2D eigenvalue weighted by Crippen LogP contribution is 2.25. The maximum Gasteiger partial charge on any atom is 0.327 e. The molecule has 1 N–H and O–H groups in total. The molecule has 0 bridgehead atoms. The normalized spacial score (nSPS) is 11.3. The maximum atomic E-state index is 9.25. The summed E-state index contributed by atoms with van der Waals surface area (Å²) in [5.41, 5.74) is 1.16. The molecule has 0 radical (unpaired) electrons. The molecule has 1 heterocycles. The fourth-order valence-electron chi connectivity index (χ4n) is 0.768. The van der Waals surface area contributed by atoms with Crippen molar-refractivity contribution in [1.29, 1.82) is 0 Å². The van der Waals surface area contributed by atoms with Gasteiger partial charge in [0.25, 0.3) is 0 Å². The highest BCUT2D eigenvalue weighted by atomic mass is 16.5. The van der Waals surface area contributed by atoms with Gasteiger partial charge in [-0.25, -0.2) is 4.79 Å². The summed E-state index contributed by atoms with van der Waals surface area (Å²) >= 11 is 0. The van der Waals surface area contributed by atoms with Gasteiger partial charge in [-0.2, -0.15) is 0 Å². The van der Waals surface area contributed by atoms with Gasteiger partial charge in [-0.3, -0.25) is 0 Å². The van der Waals surface area contributed by atoms with Gasteiger partial charge in [0.2, 0.25) is 0 Å². The van der Waals surface area contributed by atoms with Gasteiger partial charge in [0.05, 0.1) is 0 Å². The minimum atomic E-state index is -0.981. The van der Waals surface area contributed by atoms with Crippen LogP contribution in [0, 0.1) is 0 Å². The minimum Gasteiger partial charge on any atom is -0.478 e. The molecular weight excluding hydrogens is 180 g/mol. The molecule has 1 aromatic rings. The lowest BCUT2D eigenvalue weighted by atomic mass is 10.2. The van der Waals surface area contributed by atoms with Crippen molar-refractivity contribution < 1.29 is 14.6 Å². The largest absolute Gasteiger partial charge is 0.478 e. The fourth-order valence-corrected chi connectivity index (χ4v) is 0.768. The van der Waals surface area contributed by atoms with Crippen molar-refractivity contribution in [3.63, 3.8) is 0 Å². The average Bonchev–Trinajstić information content (AvgIpc) is 3.03. The third-order valence-corrected chi connectivity index (χ3v) is 1.47. The van der Waals surface area contributed by atoms with Crippen LogP contribution in [-0.4, -0.2) is 11.1 Å². The first kappa shape index (κ1) is 10.1. The van der Waals surface area contributed by atoms with Crippen molar-refractivity contribution in [2.75, 3.05) is 0 Å². The average molecular weight is 190 g/mol. The zero-order valence-electron chi connectivity index (χ0n) is 7.51. The molecule has 3 nitrogen and oxygen atoms in total. The van der Waals surface area contributed by atoms with E-state index < -0.39 is 5.97 Å². The lowest BCUT2D eigenvalue weighted by molar-refractivity contribution is -0.131. The van der Waals surface area contributed by atoms with E-state index in [0.29, 0.717) is 0 Å². The molecule has 3 heteroatoms. The molecule has 14 heavy (non-hydrogen) atoms. The smallest absolute Gasteiger partial charge is 0.327 e. The zero-order valence-corrected chi connectivity index (χ0v) is 7.51. The number of hydrogen-bond acceptors (Lipinski definition) is 2. The molecule has 0 amide bonds. The molecule has 0 unspecified atom stereocenters. The zero-order chi connectivity index (χ0) is 10.4. The van der Waals surface area contributed by atoms with Gasteiger partial charge in [-0.05, 0) is 0 Å².